The molecule has 0 radical (unpaired) electrons. The highest BCUT2D eigenvalue weighted by Crippen LogP contribution is 2.33. The predicted octanol–water partition coefficient (Wildman–Crippen LogP) is 7.34. The van der Waals surface area contributed by atoms with Gasteiger partial charge < -0.3 is 10.1 Å². The minimum atomic E-state index is 0.145. The molecule has 0 saturated heterocycles. The smallest absolute Gasteiger partial charge is 0.187 e. The number of ether oxygens (including phenoxy) is 1. The highest BCUT2D eigenvalue weighted by molar-refractivity contribution is 7.14. The zero-order valence-corrected chi connectivity index (χ0v) is 17.5. The monoisotopic (exact) mass is 400 g/mol. The van der Waals surface area contributed by atoms with E-state index < -0.39 is 0 Å². The summed E-state index contributed by atoms with van der Waals surface area (Å²) in [4.78, 5) is 4.69. The van der Waals surface area contributed by atoms with Crippen LogP contribution < -0.4 is 10.1 Å². The fraction of sp³-hybridized carbons (Fsp3) is 0.318. The van der Waals surface area contributed by atoms with Crippen LogP contribution in [0, 0.1) is 0 Å². The lowest BCUT2D eigenvalue weighted by molar-refractivity contribution is 0.217. The van der Waals surface area contributed by atoms with Gasteiger partial charge in [0.15, 0.2) is 5.13 Å². The second-order valence-corrected chi connectivity index (χ2v) is 7.86. The van der Waals surface area contributed by atoms with Crippen LogP contribution in [-0.2, 0) is 6.42 Å². The number of rotatable bonds is 8. The number of anilines is 2. The van der Waals surface area contributed by atoms with E-state index in [-0.39, 0.29) is 6.10 Å². The Bertz CT molecular complexity index is 876. The molecule has 3 rings (SSSR count). The lowest BCUT2D eigenvalue weighted by atomic mass is 10.1. The first-order chi connectivity index (χ1) is 13.1. The Kier molecular flexibility index (Phi) is 6.75. The van der Waals surface area contributed by atoms with Gasteiger partial charge in [0.25, 0.3) is 0 Å². The molecule has 0 fully saturated rings. The van der Waals surface area contributed by atoms with Gasteiger partial charge >= 0.3 is 0 Å². The Hall–Kier alpha value is -2.04. The summed E-state index contributed by atoms with van der Waals surface area (Å²) in [7, 11) is 0. The molecule has 0 saturated carbocycles. The summed E-state index contributed by atoms with van der Waals surface area (Å²) >= 11 is 7.97. The molecular weight excluding hydrogens is 376 g/mol. The molecule has 0 amide bonds. The number of aryl methyl sites for hydroxylation is 1. The topological polar surface area (TPSA) is 34.2 Å². The Morgan fingerprint density at radius 2 is 1.93 bits per heavy atom. The molecule has 0 aliphatic carbocycles. The third-order valence-electron chi connectivity index (χ3n) is 4.38. The summed E-state index contributed by atoms with van der Waals surface area (Å²) in [6.07, 6.45) is 3.36. The molecule has 1 unspecified atom stereocenters. The molecule has 2 aromatic carbocycles. The largest absolute Gasteiger partial charge is 0.489 e. The van der Waals surface area contributed by atoms with Gasteiger partial charge in [-0.25, -0.2) is 4.98 Å². The number of benzene rings is 2. The van der Waals surface area contributed by atoms with Crippen LogP contribution in [0.2, 0.25) is 5.02 Å². The average molecular weight is 401 g/mol. The summed E-state index contributed by atoms with van der Waals surface area (Å²) in [6, 6.07) is 14.4. The Morgan fingerprint density at radius 3 is 2.59 bits per heavy atom. The molecule has 0 aliphatic rings. The van der Waals surface area contributed by atoms with Crippen LogP contribution in [-0.4, -0.2) is 11.1 Å². The van der Waals surface area contributed by atoms with Crippen LogP contribution >= 0.6 is 22.9 Å². The van der Waals surface area contributed by atoms with Gasteiger partial charge in [-0.2, -0.15) is 0 Å². The van der Waals surface area contributed by atoms with Crippen molar-refractivity contribution in [1.29, 1.82) is 0 Å². The molecule has 3 nitrogen and oxygen atoms in total. The van der Waals surface area contributed by atoms with Crippen molar-refractivity contribution < 1.29 is 4.74 Å². The van der Waals surface area contributed by atoms with Crippen LogP contribution in [0.1, 0.15) is 39.2 Å². The van der Waals surface area contributed by atoms with Gasteiger partial charge in [-0.1, -0.05) is 44.0 Å². The normalized spacial score (nSPS) is 12.0. The van der Waals surface area contributed by atoms with Crippen LogP contribution in [0.25, 0.3) is 11.3 Å². The maximum absolute atomic E-state index is 6.39. The Morgan fingerprint density at radius 1 is 1.15 bits per heavy atom. The molecule has 0 bridgehead atoms. The van der Waals surface area contributed by atoms with Crippen molar-refractivity contribution in [2.75, 3.05) is 5.32 Å². The first kappa shape index (κ1) is 19.7. The highest BCUT2D eigenvalue weighted by atomic mass is 35.5. The fourth-order valence-corrected chi connectivity index (χ4v) is 3.65. The molecular formula is C22H25ClN2OS. The van der Waals surface area contributed by atoms with Crippen LogP contribution in [0.5, 0.6) is 5.75 Å². The second-order valence-electron chi connectivity index (χ2n) is 6.59. The molecule has 1 heterocycles. The van der Waals surface area contributed by atoms with E-state index in [0.717, 1.165) is 47.1 Å². The van der Waals surface area contributed by atoms with Gasteiger partial charge in [-0.05, 0) is 55.7 Å². The zero-order valence-electron chi connectivity index (χ0n) is 16.0. The van der Waals surface area contributed by atoms with Gasteiger partial charge in [0.05, 0.1) is 16.8 Å². The molecule has 3 aromatic rings. The maximum Gasteiger partial charge on any atom is 0.187 e. The Labute approximate surface area is 170 Å². The van der Waals surface area contributed by atoms with Crippen molar-refractivity contribution in [2.45, 2.75) is 46.1 Å². The number of hydrogen-bond acceptors (Lipinski definition) is 4. The molecule has 5 heteroatoms. The van der Waals surface area contributed by atoms with Gasteiger partial charge in [-0.15, -0.1) is 11.3 Å². The second kappa shape index (κ2) is 9.25. The fourth-order valence-electron chi connectivity index (χ4n) is 2.69. The molecule has 27 heavy (non-hydrogen) atoms. The molecule has 1 N–H and O–H groups in total. The standard InChI is InChI=1S/C22H25ClN2OS/c1-4-6-16-7-10-18(11-8-16)24-22-25-20(14-27-22)17-9-12-21(19(23)13-17)26-15(3)5-2/h7-15H,4-6H2,1-3H3,(H,24,25). The van der Waals surface area contributed by atoms with Gasteiger partial charge in [0, 0.05) is 16.6 Å². The first-order valence-electron chi connectivity index (χ1n) is 9.37. The molecule has 0 aliphatic heterocycles. The summed E-state index contributed by atoms with van der Waals surface area (Å²) in [5.41, 5.74) is 4.30. The number of thiazole rings is 1. The van der Waals surface area contributed by atoms with E-state index in [2.05, 4.69) is 43.4 Å². The van der Waals surface area contributed by atoms with E-state index in [1.54, 1.807) is 11.3 Å². The van der Waals surface area contributed by atoms with Crippen molar-refractivity contribution in [3.05, 3.63) is 58.4 Å². The quantitative estimate of drug-likeness (QED) is 0.429. The molecule has 1 atom stereocenters. The SMILES string of the molecule is CCCc1ccc(Nc2nc(-c3ccc(OC(C)CC)c(Cl)c3)cs2)cc1. The minimum absolute atomic E-state index is 0.145. The summed E-state index contributed by atoms with van der Waals surface area (Å²) in [5.74, 6) is 0.718. The summed E-state index contributed by atoms with van der Waals surface area (Å²) in [6.45, 7) is 6.32. The van der Waals surface area contributed by atoms with Crippen molar-refractivity contribution in [3.8, 4) is 17.0 Å². The van der Waals surface area contributed by atoms with E-state index in [4.69, 9.17) is 21.3 Å². The van der Waals surface area contributed by atoms with Crippen LogP contribution in [0.15, 0.2) is 47.8 Å². The van der Waals surface area contributed by atoms with E-state index in [1.165, 1.54) is 5.56 Å². The lowest BCUT2D eigenvalue weighted by Gasteiger charge is -2.14. The number of aromatic nitrogens is 1. The van der Waals surface area contributed by atoms with Crippen LogP contribution in [0.4, 0.5) is 10.8 Å². The van der Waals surface area contributed by atoms with Crippen molar-refractivity contribution >= 4 is 33.8 Å². The maximum atomic E-state index is 6.39. The molecule has 142 valence electrons. The number of halogens is 1. The van der Waals surface area contributed by atoms with Gasteiger partial charge in [0.2, 0.25) is 0 Å². The highest BCUT2D eigenvalue weighted by Gasteiger charge is 2.10. The van der Waals surface area contributed by atoms with E-state index in [0.29, 0.717) is 5.02 Å². The minimum Gasteiger partial charge on any atom is -0.489 e. The van der Waals surface area contributed by atoms with Gasteiger partial charge in [-0.3, -0.25) is 0 Å². The van der Waals surface area contributed by atoms with E-state index in [1.807, 2.05) is 30.5 Å². The average Bonchev–Trinajstić information content (AvgIpc) is 3.13. The first-order valence-corrected chi connectivity index (χ1v) is 10.6. The predicted molar refractivity (Wildman–Crippen MR) is 117 cm³/mol. The Balaban J connectivity index is 1.70. The third-order valence-corrected chi connectivity index (χ3v) is 5.43. The summed E-state index contributed by atoms with van der Waals surface area (Å²) < 4.78 is 5.83. The van der Waals surface area contributed by atoms with E-state index >= 15 is 0 Å². The molecule has 1 aromatic heterocycles. The third kappa shape index (κ3) is 5.24. The number of nitrogens with one attached hydrogen (secondary N) is 1. The van der Waals surface area contributed by atoms with E-state index in [9.17, 15) is 0 Å². The van der Waals surface area contributed by atoms with Crippen molar-refractivity contribution in [3.63, 3.8) is 0 Å². The number of hydrogen-bond donors (Lipinski definition) is 1. The molecule has 0 spiro atoms. The van der Waals surface area contributed by atoms with Crippen molar-refractivity contribution in [1.82, 2.24) is 4.98 Å². The number of nitrogens with zero attached hydrogens (tertiary/aromatic N) is 1. The van der Waals surface area contributed by atoms with Crippen molar-refractivity contribution in [2.24, 2.45) is 0 Å². The van der Waals surface area contributed by atoms with Crippen LogP contribution in [0.3, 0.4) is 0 Å². The zero-order chi connectivity index (χ0) is 19.2. The lowest BCUT2D eigenvalue weighted by Crippen LogP contribution is -2.09. The van der Waals surface area contributed by atoms with Gasteiger partial charge in [0.1, 0.15) is 5.75 Å². The summed E-state index contributed by atoms with van der Waals surface area (Å²) in [5, 5.41) is 6.89.